The van der Waals surface area contributed by atoms with Crippen molar-refractivity contribution >= 4 is 33.8 Å². The van der Waals surface area contributed by atoms with Gasteiger partial charge in [-0.15, -0.1) is 0 Å². The normalized spacial score (nSPS) is 16.7. The van der Waals surface area contributed by atoms with E-state index in [1.165, 1.54) is 25.7 Å². The van der Waals surface area contributed by atoms with Gasteiger partial charge in [0.1, 0.15) is 10.7 Å². The average Bonchev–Trinajstić information content (AvgIpc) is 3.14. The molecule has 1 aliphatic heterocycles. The first-order valence-corrected chi connectivity index (χ1v) is 8.17. The first-order chi connectivity index (χ1) is 11.3. The van der Waals surface area contributed by atoms with Gasteiger partial charge in [0, 0.05) is 6.54 Å². The largest absolute Gasteiger partial charge is 0.390 e. The monoisotopic (exact) mass is 383 g/mol. The first-order valence-electron chi connectivity index (χ1n) is 6.97. The van der Waals surface area contributed by atoms with Crippen molar-refractivity contribution in [2.75, 3.05) is 19.8 Å². The number of fused-ring (bicyclic) bond motifs is 1. The number of carbonyl (C=O) groups is 1. The minimum Gasteiger partial charge on any atom is -0.389 e. The third-order valence-corrected chi connectivity index (χ3v) is 4.80. The van der Waals surface area contributed by atoms with E-state index in [9.17, 15) is 18.0 Å². The van der Waals surface area contributed by atoms with E-state index in [-0.39, 0.29) is 44.0 Å². The predicted molar refractivity (Wildman–Crippen MR) is 79.5 cm³/mol. The van der Waals surface area contributed by atoms with E-state index in [0.29, 0.717) is 15.7 Å². The van der Waals surface area contributed by atoms with Gasteiger partial charge in [-0.25, -0.2) is 4.98 Å². The molecule has 1 fully saturated rings. The quantitative estimate of drug-likeness (QED) is 0.846. The molecule has 0 saturated carbocycles. The molecule has 1 saturated heterocycles. The highest BCUT2D eigenvalue weighted by Gasteiger charge is 2.33. The Morgan fingerprint density at radius 2 is 2.12 bits per heavy atom. The summed E-state index contributed by atoms with van der Waals surface area (Å²) in [4.78, 5) is 19.6. The van der Waals surface area contributed by atoms with Gasteiger partial charge in [0.05, 0.1) is 32.8 Å². The zero-order chi connectivity index (χ0) is 17.5. The summed E-state index contributed by atoms with van der Waals surface area (Å²) in [5.74, 6) is -0.270. The molecule has 0 aromatic carbocycles. The van der Waals surface area contributed by atoms with Gasteiger partial charge >= 0.3 is 6.18 Å². The van der Waals surface area contributed by atoms with Crippen LogP contribution < -0.4 is 0 Å². The van der Waals surface area contributed by atoms with Crippen LogP contribution >= 0.6 is 22.9 Å². The molecule has 0 radical (unpaired) electrons. The molecule has 0 unspecified atom stereocenters. The minimum atomic E-state index is -4.25. The maximum atomic E-state index is 12.3. The molecule has 12 heteroatoms. The SMILES string of the molecule is O=C1CN(CCC(F)(F)F)CN1Cc1nc2sc(CO)nn2c1Cl. The standard InChI is InChI=1S/C12H13ClF3N5O2S/c13-10-7(17-11-21(10)18-8(5-22)24-11)3-20-6-19(4-9(20)23)2-1-12(14,15)16/h22H,1-6H2. The lowest BCUT2D eigenvalue weighted by Crippen LogP contribution is -2.29. The Morgan fingerprint density at radius 1 is 1.38 bits per heavy atom. The van der Waals surface area contributed by atoms with Crippen molar-refractivity contribution in [1.29, 1.82) is 0 Å². The number of rotatable bonds is 5. The molecule has 7 nitrogen and oxygen atoms in total. The molecular weight excluding hydrogens is 371 g/mol. The van der Waals surface area contributed by atoms with Crippen molar-refractivity contribution in [2.45, 2.75) is 25.7 Å². The lowest BCUT2D eigenvalue weighted by Gasteiger charge is -2.17. The smallest absolute Gasteiger partial charge is 0.389 e. The van der Waals surface area contributed by atoms with Gasteiger partial charge < -0.3 is 10.0 Å². The number of hydrogen-bond donors (Lipinski definition) is 1. The number of hydrogen-bond acceptors (Lipinski definition) is 6. The number of alkyl halides is 3. The molecule has 3 heterocycles. The number of imidazole rings is 1. The summed E-state index contributed by atoms with van der Waals surface area (Å²) in [6.45, 7) is -0.295. The number of nitrogens with zero attached hydrogens (tertiary/aromatic N) is 5. The highest BCUT2D eigenvalue weighted by Crippen LogP contribution is 2.25. The van der Waals surface area contributed by atoms with Crippen molar-refractivity contribution in [2.24, 2.45) is 0 Å². The van der Waals surface area contributed by atoms with Crippen LogP contribution in [0.1, 0.15) is 17.1 Å². The molecule has 0 atom stereocenters. The van der Waals surface area contributed by atoms with E-state index in [2.05, 4.69) is 10.1 Å². The molecule has 132 valence electrons. The van der Waals surface area contributed by atoms with Crippen molar-refractivity contribution in [3.05, 3.63) is 15.9 Å². The Bertz CT molecular complexity index is 762. The van der Waals surface area contributed by atoms with E-state index in [0.717, 1.165) is 0 Å². The van der Waals surface area contributed by atoms with Crippen LogP contribution in [0.25, 0.3) is 4.96 Å². The third kappa shape index (κ3) is 3.63. The van der Waals surface area contributed by atoms with E-state index in [4.69, 9.17) is 16.7 Å². The van der Waals surface area contributed by atoms with Gasteiger partial charge in [-0.1, -0.05) is 22.9 Å². The van der Waals surface area contributed by atoms with Gasteiger partial charge in [0.2, 0.25) is 10.9 Å². The fraction of sp³-hybridized carbons (Fsp3) is 0.583. The fourth-order valence-corrected chi connectivity index (χ4v) is 3.43. The Kier molecular flexibility index (Phi) is 4.69. The number of carbonyl (C=O) groups excluding carboxylic acids is 1. The van der Waals surface area contributed by atoms with Gasteiger partial charge in [0.15, 0.2) is 5.15 Å². The lowest BCUT2D eigenvalue weighted by atomic mass is 10.4. The molecular formula is C12H13ClF3N5O2S. The van der Waals surface area contributed by atoms with Crippen LogP contribution in [0.4, 0.5) is 13.2 Å². The fourth-order valence-electron chi connectivity index (χ4n) is 2.38. The van der Waals surface area contributed by atoms with Crippen LogP contribution in [0.5, 0.6) is 0 Å². The number of aliphatic hydroxyl groups is 1. The average molecular weight is 384 g/mol. The second-order valence-corrected chi connectivity index (χ2v) is 6.75. The van der Waals surface area contributed by atoms with Gasteiger partial charge in [0.25, 0.3) is 0 Å². The molecule has 0 bridgehead atoms. The summed E-state index contributed by atoms with van der Waals surface area (Å²) in [7, 11) is 0. The number of halogens is 4. The highest BCUT2D eigenvalue weighted by molar-refractivity contribution is 7.16. The molecule has 1 aliphatic rings. The Labute approximate surface area is 143 Å². The Balaban J connectivity index is 1.66. The van der Waals surface area contributed by atoms with Gasteiger partial charge in [-0.2, -0.15) is 22.8 Å². The van der Waals surface area contributed by atoms with Crippen LogP contribution in [0.3, 0.4) is 0 Å². The lowest BCUT2D eigenvalue weighted by molar-refractivity contribution is -0.138. The van der Waals surface area contributed by atoms with Crippen LogP contribution in [-0.2, 0) is 17.9 Å². The molecule has 0 aliphatic carbocycles. The van der Waals surface area contributed by atoms with Crippen molar-refractivity contribution < 1.29 is 23.1 Å². The van der Waals surface area contributed by atoms with Gasteiger partial charge in [-0.05, 0) is 0 Å². The van der Waals surface area contributed by atoms with E-state index < -0.39 is 12.6 Å². The molecule has 1 amide bonds. The van der Waals surface area contributed by atoms with Gasteiger partial charge in [-0.3, -0.25) is 9.69 Å². The Morgan fingerprint density at radius 3 is 2.75 bits per heavy atom. The topological polar surface area (TPSA) is 74.0 Å². The molecule has 0 spiro atoms. The highest BCUT2D eigenvalue weighted by atomic mass is 35.5. The van der Waals surface area contributed by atoms with Crippen LogP contribution in [0, 0.1) is 0 Å². The first kappa shape index (κ1) is 17.4. The predicted octanol–water partition coefficient (Wildman–Crippen LogP) is 1.49. The van der Waals surface area contributed by atoms with Crippen molar-refractivity contribution in [3.63, 3.8) is 0 Å². The second-order valence-electron chi connectivity index (χ2n) is 5.35. The number of amides is 1. The van der Waals surface area contributed by atoms with Crippen LogP contribution in [0.15, 0.2) is 0 Å². The van der Waals surface area contributed by atoms with Crippen LogP contribution in [-0.4, -0.2) is 61.3 Å². The summed E-state index contributed by atoms with van der Waals surface area (Å²) < 4.78 is 38.2. The number of aromatic nitrogens is 3. The van der Waals surface area contributed by atoms with Crippen molar-refractivity contribution in [1.82, 2.24) is 24.4 Å². The van der Waals surface area contributed by atoms with E-state index in [1.54, 1.807) is 0 Å². The minimum absolute atomic E-state index is 0.0527. The third-order valence-electron chi connectivity index (χ3n) is 3.53. The van der Waals surface area contributed by atoms with Crippen LogP contribution in [0.2, 0.25) is 5.15 Å². The zero-order valence-corrected chi connectivity index (χ0v) is 13.8. The molecule has 1 N–H and O–H groups in total. The van der Waals surface area contributed by atoms with Crippen molar-refractivity contribution in [3.8, 4) is 0 Å². The van der Waals surface area contributed by atoms with E-state index >= 15 is 0 Å². The van der Waals surface area contributed by atoms with E-state index in [1.807, 2.05) is 0 Å². The molecule has 3 rings (SSSR count). The second kappa shape index (κ2) is 6.47. The number of aliphatic hydroxyl groups excluding tert-OH is 1. The maximum absolute atomic E-state index is 12.3. The summed E-state index contributed by atoms with van der Waals surface area (Å²) >= 11 is 7.34. The zero-order valence-electron chi connectivity index (χ0n) is 12.3. The summed E-state index contributed by atoms with van der Waals surface area (Å²) in [6, 6.07) is 0. The maximum Gasteiger partial charge on any atom is 0.390 e. The summed E-state index contributed by atoms with van der Waals surface area (Å²) in [5.41, 5.74) is 0.422. The Hall–Kier alpha value is -1.43. The molecule has 24 heavy (non-hydrogen) atoms. The summed E-state index contributed by atoms with van der Waals surface area (Å²) in [5, 5.41) is 13.8. The molecule has 2 aromatic rings. The summed E-state index contributed by atoms with van der Waals surface area (Å²) in [6.07, 6.45) is -5.20. The molecule has 2 aromatic heterocycles.